The average molecular weight is 496 g/mol. The molecule has 0 unspecified atom stereocenters. The van der Waals surface area contributed by atoms with E-state index in [0.29, 0.717) is 28.2 Å². The summed E-state index contributed by atoms with van der Waals surface area (Å²) in [6.07, 6.45) is 5.79. The van der Waals surface area contributed by atoms with E-state index >= 15 is 0 Å². The predicted molar refractivity (Wildman–Crippen MR) is 137 cm³/mol. The number of hydrogen-bond donors (Lipinski definition) is 1. The van der Waals surface area contributed by atoms with Gasteiger partial charge in [0.2, 0.25) is 5.91 Å². The van der Waals surface area contributed by atoms with Crippen LogP contribution in [0, 0.1) is 6.92 Å². The molecule has 2 aromatic heterocycles. The van der Waals surface area contributed by atoms with Gasteiger partial charge in [0.05, 0.1) is 11.4 Å². The average Bonchev–Trinajstić information content (AvgIpc) is 3.25. The number of halogens is 1. The number of rotatable bonds is 8. The van der Waals surface area contributed by atoms with Crippen molar-refractivity contribution in [1.82, 2.24) is 19.7 Å². The molecule has 0 radical (unpaired) electrons. The van der Waals surface area contributed by atoms with Gasteiger partial charge in [0.25, 0.3) is 0 Å². The van der Waals surface area contributed by atoms with Crippen LogP contribution in [0.2, 0.25) is 5.02 Å². The third-order valence-electron chi connectivity index (χ3n) is 4.99. The second kappa shape index (κ2) is 10.9. The highest BCUT2D eigenvalue weighted by Crippen LogP contribution is 2.32. The molecular formula is C24H22ClN5OS2. The molecule has 6 nitrogen and oxygen atoms in total. The number of aromatic nitrogens is 4. The fourth-order valence-corrected chi connectivity index (χ4v) is 4.91. The van der Waals surface area contributed by atoms with E-state index in [2.05, 4.69) is 20.5 Å². The Balaban J connectivity index is 1.55. The molecule has 168 valence electrons. The van der Waals surface area contributed by atoms with Crippen molar-refractivity contribution in [3.05, 3.63) is 77.6 Å². The standard InChI is InChI=1S/C24H22ClN5OS2/c1-16-18(25)6-5-8-20(16)30-23(17-10-13-26-14-11-17)28-29-24(30)33-15-12-22(31)27-19-7-3-4-9-21(19)32-2/h3-11,13-14H,12,15H2,1-2H3,(H,27,31). The molecule has 2 heterocycles. The predicted octanol–water partition coefficient (Wildman–Crippen LogP) is 6.13. The van der Waals surface area contributed by atoms with E-state index in [1.807, 2.05) is 72.3 Å². The van der Waals surface area contributed by atoms with Crippen molar-refractivity contribution in [2.24, 2.45) is 0 Å². The van der Waals surface area contributed by atoms with Crippen LogP contribution in [0.1, 0.15) is 12.0 Å². The zero-order chi connectivity index (χ0) is 23.2. The first-order valence-corrected chi connectivity index (χ1v) is 12.8. The molecule has 0 fully saturated rings. The fourth-order valence-electron chi connectivity index (χ4n) is 3.30. The summed E-state index contributed by atoms with van der Waals surface area (Å²) >= 11 is 9.49. The van der Waals surface area contributed by atoms with Crippen molar-refractivity contribution in [3.63, 3.8) is 0 Å². The Labute approximate surface area is 206 Å². The first-order valence-electron chi connectivity index (χ1n) is 10.3. The lowest BCUT2D eigenvalue weighted by Crippen LogP contribution is -2.13. The summed E-state index contributed by atoms with van der Waals surface area (Å²) in [5.41, 5.74) is 3.57. The van der Waals surface area contributed by atoms with Crippen molar-refractivity contribution in [1.29, 1.82) is 0 Å². The zero-order valence-electron chi connectivity index (χ0n) is 18.2. The van der Waals surface area contributed by atoms with Gasteiger partial charge in [-0.15, -0.1) is 22.0 Å². The van der Waals surface area contributed by atoms with Gasteiger partial charge >= 0.3 is 0 Å². The van der Waals surface area contributed by atoms with Crippen molar-refractivity contribution in [3.8, 4) is 17.1 Å². The number of amides is 1. The molecule has 33 heavy (non-hydrogen) atoms. The molecule has 4 rings (SSSR count). The Morgan fingerprint density at radius 2 is 1.85 bits per heavy atom. The first-order chi connectivity index (χ1) is 16.1. The van der Waals surface area contributed by atoms with Crippen LogP contribution in [0.15, 0.2) is 77.0 Å². The summed E-state index contributed by atoms with van der Waals surface area (Å²) in [5.74, 6) is 1.22. The van der Waals surface area contributed by atoms with Crippen LogP contribution in [0.5, 0.6) is 0 Å². The Kier molecular flexibility index (Phi) is 7.69. The molecule has 0 saturated heterocycles. The summed E-state index contributed by atoms with van der Waals surface area (Å²) < 4.78 is 1.99. The Morgan fingerprint density at radius 1 is 1.06 bits per heavy atom. The summed E-state index contributed by atoms with van der Waals surface area (Å²) in [5, 5.41) is 13.2. The monoisotopic (exact) mass is 495 g/mol. The maximum Gasteiger partial charge on any atom is 0.225 e. The third kappa shape index (κ3) is 5.40. The van der Waals surface area contributed by atoms with Gasteiger partial charge in [-0.1, -0.05) is 41.6 Å². The number of nitrogens with one attached hydrogen (secondary N) is 1. The highest BCUT2D eigenvalue weighted by atomic mass is 35.5. The molecule has 2 aromatic carbocycles. The van der Waals surface area contributed by atoms with Gasteiger partial charge in [-0.25, -0.2) is 0 Å². The number of hydrogen-bond acceptors (Lipinski definition) is 6. The van der Waals surface area contributed by atoms with E-state index in [-0.39, 0.29) is 5.91 Å². The smallest absolute Gasteiger partial charge is 0.225 e. The van der Waals surface area contributed by atoms with Crippen LogP contribution in [-0.2, 0) is 4.79 Å². The highest BCUT2D eigenvalue weighted by Gasteiger charge is 2.19. The number of thioether (sulfide) groups is 2. The summed E-state index contributed by atoms with van der Waals surface area (Å²) in [4.78, 5) is 17.7. The largest absolute Gasteiger partial charge is 0.325 e. The number of carbonyl (C=O) groups excluding carboxylic acids is 1. The van der Waals surface area contributed by atoms with E-state index in [4.69, 9.17) is 11.6 Å². The second-order valence-corrected chi connectivity index (χ2v) is 9.43. The topological polar surface area (TPSA) is 72.7 Å². The van der Waals surface area contributed by atoms with Gasteiger partial charge in [-0.05, 0) is 55.1 Å². The first kappa shape index (κ1) is 23.4. The number of para-hydroxylation sites is 1. The molecule has 4 aromatic rings. The lowest BCUT2D eigenvalue weighted by Gasteiger charge is -2.14. The SMILES string of the molecule is CSc1ccccc1NC(=O)CCSc1nnc(-c2ccncc2)n1-c1cccc(Cl)c1C. The fraction of sp³-hybridized carbons (Fsp3) is 0.167. The van der Waals surface area contributed by atoms with Gasteiger partial charge in [0.15, 0.2) is 11.0 Å². The van der Waals surface area contributed by atoms with Crippen LogP contribution in [0.4, 0.5) is 5.69 Å². The quantitative estimate of drug-likeness (QED) is 0.296. The lowest BCUT2D eigenvalue weighted by atomic mass is 10.2. The van der Waals surface area contributed by atoms with Crippen molar-refractivity contribution in [2.45, 2.75) is 23.4 Å². The molecule has 0 saturated carbocycles. The molecule has 0 atom stereocenters. The minimum absolute atomic E-state index is 0.0386. The maximum absolute atomic E-state index is 12.6. The van der Waals surface area contributed by atoms with Gasteiger partial charge < -0.3 is 5.32 Å². The summed E-state index contributed by atoms with van der Waals surface area (Å²) in [6, 6.07) is 17.3. The molecule has 0 spiro atoms. The number of nitrogens with zero attached hydrogens (tertiary/aromatic N) is 4. The van der Waals surface area contributed by atoms with Crippen LogP contribution >= 0.6 is 35.1 Å². The third-order valence-corrected chi connectivity index (χ3v) is 7.13. The molecule has 0 bridgehead atoms. The van der Waals surface area contributed by atoms with Crippen molar-refractivity contribution >= 4 is 46.7 Å². The van der Waals surface area contributed by atoms with Gasteiger partial charge in [0.1, 0.15) is 0 Å². The Bertz CT molecular complexity index is 1260. The van der Waals surface area contributed by atoms with E-state index < -0.39 is 0 Å². The lowest BCUT2D eigenvalue weighted by molar-refractivity contribution is -0.115. The second-order valence-electron chi connectivity index (χ2n) is 7.11. The molecule has 1 amide bonds. The Morgan fingerprint density at radius 3 is 2.64 bits per heavy atom. The molecular weight excluding hydrogens is 474 g/mol. The zero-order valence-corrected chi connectivity index (χ0v) is 20.5. The van der Waals surface area contributed by atoms with Crippen LogP contribution in [-0.4, -0.2) is 37.7 Å². The van der Waals surface area contributed by atoms with Crippen LogP contribution in [0.25, 0.3) is 17.1 Å². The van der Waals surface area contributed by atoms with E-state index in [9.17, 15) is 4.79 Å². The number of anilines is 1. The van der Waals surface area contributed by atoms with E-state index in [1.165, 1.54) is 11.8 Å². The minimum Gasteiger partial charge on any atom is -0.325 e. The number of carbonyl (C=O) groups is 1. The molecule has 0 aliphatic rings. The molecule has 1 N–H and O–H groups in total. The van der Waals surface area contributed by atoms with Crippen molar-refractivity contribution < 1.29 is 4.79 Å². The van der Waals surface area contributed by atoms with Gasteiger partial charge in [0, 0.05) is 40.0 Å². The van der Waals surface area contributed by atoms with Crippen LogP contribution in [0.3, 0.4) is 0 Å². The maximum atomic E-state index is 12.6. The van der Waals surface area contributed by atoms with Gasteiger partial charge in [-0.2, -0.15) is 0 Å². The van der Waals surface area contributed by atoms with E-state index in [0.717, 1.165) is 27.4 Å². The van der Waals surface area contributed by atoms with Crippen molar-refractivity contribution in [2.75, 3.05) is 17.3 Å². The molecule has 0 aliphatic carbocycles. The van der Waals surface area contributed by atoms with Gasteiger partial charge in [-0.3, -0.25) is 14.3 Å². The number of pyridine rings is 1. The van der Waals surface area contributed by atoms with E-state index in [1.54, 1.807) is 24.2 Å². The summed E-state index contributed by atoms with van der Waals surface area (Å²) in [7, 11) is 0. The summed E-state index contributed by atoms with van der Waals surface area (Å²) in [6.45, 7) is 1.97. The molecule has 9 heteroatoms. The Hall–Kier alpha value is -2.81. The molecule has 0 aliphatic heterocycles. The highest BCUT2D eigenvalue weighted by molar-refractivity contribution is 7.99. The normalized spacial score (nSPS) is 10.9. The minimum atomic E-state index is -0.0386. The number of benzene rings is 2. The van der Waals surface area contributed by atoms with Crippen LogP contribution < -0.4 is 5.32 Å².